The fourth-order valence-corrected chi connectivity index (χ4v) is 2.15. The SMILES string of the molecule is COc1ccc(CC(C)C(=O)N(C)C(C)C(=O)O)cc1OC. The minimum Gasteiger partial charge on any atom is -0.493 e. The van der Waals surface area contributed by atoms with Crippen LogP contribution < -0.4 is 9.47 Å². The van der Waals surface area contributed by atoms with Gasteiger partial charge in [-0.05, 0) is 31.0 Å². The Morgan fingerprint density at radius 2 is 1.77 bits per heavy atom. The first-order valence-corrected chi connectivity index (χ1v) is 7.02. The molecule has 1 rings (SSSR count). The van der Waals surface area contributed by atoms with Crippen molar-refractivity contribution in [2.75, 3.05) is 21.3 Å². The van der Waals surface area contributed by atoms with E-state index in [9.17, 15) is 9.59 Å². The summed E-state index contributed by atoms with van der Waals surface area (Å²) < 4.78 is 10.4. The summed E-state index contributed by atoms with van der Waals surface area (Å²) in [4.78, 5) is 24.5. The van der Waals surface area contributed by atoms with Gasteiger partial charge in [-0.1, -0.05) is 13.0 Å². The second-order valence-electron chi connectivity index (χ2n) is 5.26. The van der Waals surface area contributed by atoms with Gasteiger partial charge in [-0.25, -0.2) is 4.79 Å². The van der Waals surface area contributed by atoms with Crippen molar-refractivity contribution in [1.29, 1.82) is 0 Å². The molecule has 6 heteroatoms. The molecule has 0 aliphatic rings. The predicted molar refractivity (Wildman–Crippen MR) is 82.3 cm³/mol. The lowest BCUT2D eigenvalue weighted by Gasteiger charge is -2.25. The number of carbonyl (C=O) groups is 2. The van der Waals surface area contributed by atoms with E-state index in [1.807, 2.05) is 12.1 Å². The second-order valence-corrected chi connectivity index (χ2v) is 5.26. The normalized spacial score (nSPS) is 13.1. The van der Waals surface area contributed by atoms with Crippen LogP contribution in [0.4, 0.5) is 0 Å². The van der Waals surface area contributed by atoms with E-state index >= 15 is 0 Å². The van der Waals surface area contributed by atoms with Crippen LogP contribution in [0, 0.1) is 5.92 Å². The van der Waals surface area contributed by atoms with Crippen LogP contribution in [0.5, 0.6) is 11.5 Å². The predicted octanol–water partition coefficient (Wildman–Crippen LogP) is 1.81. The van der Waals surface area contributed by atoms with Crippen molar-refractivity contribution in [3.63, 3.8) is 0 Å². The van der Waals surface area contributed by atoms with Gasteiger partial charge in [-0.2, -0.15) is 0 Å². The molecule has 1 aromatic rings. The maximum Gasteiger partial charge on any atom is 0.326 e. The number of aliphatic carboxylic acids is 1. The number of ether oxygens (including phenoxy) is 2. The van der Waals surface area contributed by atoms with Crippen molar-refractivity contribution < 1.29 is 24.2 Å². The molecule has 0 aliphatic carbocycles. The molecule has 0 aromatic heterocycles. The fourth-order valence-electron chi connectivity index (χ4n) is 2.15. The van der Waals surface area contributed by atoms with Crippen molar-refractivity contribution >= 4 is 11.9 Å². The third kappa shape index (κ3) is 4.13. The maximum atomic E-state index is 12.3. The van der Waals surface area contributed by atoms with Crippen LogP contribution in [-0.2, 0) is 16.0 Å². The Morgan fingerprint density at radius 3 is 2.27 bits per heavy atom. The van der Waals surface area contributed by atoms with Gasteiger partial charge in [0.15, 0.2) is 11.5 Å². The van der Waals surface area contributed by atoms with Crippen molar-refractivity contribution in [2.45, 2.75) is 26.3 Å². The smallest absolute Gasteiger partial charge is 0.326 e. The van der Waals surface area contributed by atoms with Crippen molar-refractivity contribution in [3.8, 4) is 11.5 Å². The standard InChI is InChI=1S/C16H23NO5/c1-10(15(18)17(3)11(2)16(19)20)8-12-6-7-13(21-4)14(9-12)22-5/h6-7,9-11H,8H2,1-5H3,(H,19,20). The van der Waals surface area contributed by atoms with Crippen LogP contribution in [0.3, 0.4) is 0 Å². The highest BCUT2D eigenvalue weighted by Crippen LogP contribution is 2.28. The van der Waals surface area contributed by atoms with Gasteiger partial charge in [-0.15, -0.1) is 0 Å². The molecule has 1 N–H and O–H groups in total. The number of benzene rings is 1. The molecule has 22 heavy (non-hydrogen) atoms. The minimum atomic E-state index is -1.02. The lowest BCUT2D eigenvalue weighted by Crippen LogP contribution is -2.43. The third-order valence-electron chi connectivity index (χ3n) is 3.70. The van der Waals surface area contributed by atoms with Crippen molar-refractivity contribution in [3.05, 3.63) is 23.8 Å². The Kier molecular flexibility index (Phi) is 6.22. The number of hydrogen-bond acceptors (Lipinski definition) is 4. The molecule has 2 unspecified atom stereocenters. The number of rotatable bonds is 7. The molecule has 122 valence electrons. The topological polar surface area (TPSA) is 76.1 Å². The van der Waals surface area contributed by atoms with Crippen LogP contribution in [0.25, 0.3) is 0 Å². The molecule has 0 aliphatic heterocycles. The molecule has 1 amide bonds. The summed E-state index contributed by atoms with van der Waals surface area (Å²) >= 11 is 0. The quantitative estimate of drug-likeness (QED) is 0.831. The van der Waals surface area contributed by atoms with Gasteiger partial charge in [0.25, 0.3) is 0 Å². The first-order chi connectivity index (χ1) is 10.3. The van der Waals surface area contributed by atoms with Crippen LogP contribution in [-0.4, -0.2) is 49.2 Å². The van der Waals surface area contributed by atoms with Gasteiger partial charge in [0, 0.05) is 13.0 Å². The average molecular weight is 309 g/mol. The average Bonchev–Trinajstić information content (AvgIpc) is 2.52. The second kappa shape index (κ2) is 7.68. The van der Waals surface area contributed by atoms with E-state index in [0.29, 0.717) is 17.9 Å². The summed E-state index contributed by atoms with van der Waals surface area (Å²) in [5.74, 6) is -0.322. The lowest BCUT2D eigenvalue weighted by molar-refractivity contribution is -0.149. The van der Waals surface area contributed by atoms with Gasteiger partial charge in [0.2, 0.25) is 5.91 Å². The van der Waals surface area contributed by atoms with E-state index in [2.05, 4.69) is 0 Å². The van der Waals surface area contributed by atoms with Crippen molar-refractivity contribution in [1.82, 2.24) is 4.90 Å². The highest BCUT2D eigenvalue weighted by molar-refractivity contribution is 5.84. The summed E-state index contributed by atoms with van der Waals surface area (Å²) in [6.45, 7) is 3.27. The van der Waals surface area contributed by atoms with Crippen molar-refractivity contribution in [2.24, 2.45) is 5.92 Å². The van der Waals surface area contributed by atoms with Crippen LogP contribution >= 0.6 is 0 Å². The molecule has 0 bridgehead atoms. The molecule has 0 saturated carbocycles. The summed E-state index contributed by atoms with van der Waals surface area (Å²) in [5.41, 5.74) is 0.926. The Bertz CT molecular complexity index is 543. The zero-order valence-corrected chi connectivity index (χ0v) is 13.6. The molecule has 0 radical (unpaired) electrons. The van der Waals surface area contributed by atoms with Gasteiger partial charge < -0.3 is 19.5 Å². The third-order valence-corrected chi connectivity index (χ3v) is 3.70. The molecule has 1 aromatic carbocycles. The molecule has 0 spiro atoms. The summed E-state index contributed by atoms with van der Waals surface area (Å²) in [5, 5.41) is 8.97. The molecule has 0 heterocycles. The maximum absolute atomic E-state index is 12.3. The number of carboxylic acid groups (broad SMARTS) is 1. The van der Waals surface area contributed by atoms with E-state index in [1.54, 1.807) is 27.2 Å². The molecule has 6 nitrogen and oxygen atoms in total. The molecular formula is C16H23NO5. The van der Waals surface area contributed by atoms with Gasteiger partial charge in [0.1, 0.15) is 6.04 Å². The summed E-state index contributed by atoms with van der Waals surface area (Å²) in [7, 11) is 4.62. The lowest BCUT2D eigenvalue weighted by atomic mass is 9.99. The Labute approximate surface area is 130 Å². The zero-order valence-electron chi connectivity index (χ0n) is 13.6. The molecule has 0 saturated heterocycles. The van der Waals surface area contributed by atoms with Gasteiger partial charge in [0.05, 0.1) is 14.2 Å². The highest BCUT2D eigenvalue weighted by atomic mass is 16.5. The monoisotopic (exact) mass is 309 g/mol. The number of methoxy groups -OCH3 is 2. The number of nitrogens with zero attached hydrogens (tertiary/aromatic N) is 1. The zero-order chi connectivity index (χ0) is 16.9. The Hall–Kier alpha value is -2.24. The van der Waals surface area contributed by atoms with E-state index in [4.69, 9.17) is 14.6 Å². The Balaban J connectivity index is 2.82. The number of amides is 1. The van der Waals surface area contributed by atoms with Crippen LogP contribution in [0.15, 0.2) is 18.2 Å². The molecular weight excluding hydrogens is 286 g/mol. The van der Waals surface area contributed by atoms with Crippen LogP contribution in [0.1, 0.15) is 19.4 Å². The molecule has 2 atom stereocenters. The highest BCUT2D eigenvalue weighted by Gasteiger charge is 2.25. The Morgan fingerprint density at radius 1 is 1.18 bits per heavy atom. The van der Waals surface area contributed by atoms with Crippen LogP contribution in [0.2, 0.25) is 0 Å². The summed E-state index contributed by atoms with van der Waals surface area (Å²) in [6, 6.07) is 4.63. The first-order valence-electron chi connectivity index (χ1n) is 7.02. The van der Waals surface area contributed by atoms with E-state index in [0.717, 1.165) is 5.56 Å². The van der Waals surface area contributed by atoms with Gasteiger partial charge >= 0.3 is 5.97 Å². The van der Waals surface area contributed by atoms with E-state index in [1.165, 1.54) is 18.9 Å². The van der Waals surface area contributed by atoms with Gasteiger partial charge in [-0.3, -0.25) is 4.79 Å². The summed E-state index contributed by atoms with van der Waals surface area (Å²) in [6.07, 6.45) is 0.496. The molecule has 0 fully saturated rings. The van der Waals surface area contributed by atoms with E-state index < -0.39 is 12.0 Å². The number of carbonyl (C=O) groups excluding carboxylic acids is 1. The fraction of sp³-hybridized carbons (Fsp3) is 0.500. The number of carboxylic acids is 1. The number of hydrogen-bond donors (Lipinski definition) is 1. The first kappa shape index (κ1) is 17.8. The van der Waals surface area contributed by atoms with E-state index in [-0.39, 0.29) is 11.8 Å². The minimum absolute atomic E-state index is 0.204. The largest absolute Gasteiger partial charge is 0.493 e. The number of likely N-dealkylation sites (N-methyl/N-ethyl adjacent to an activating group) is 1.